The molecule has 1 N–H and O–H groups in total. The predicted molar refractivity (Wildman–Crippen MR) is 68.1 cm³/mol. The van der Waals surface area contributed by atoms with Crippen LogP contribution in [0.25, 0.3) is 0 Å². The van der Waals surface area contributed by atoms with Crippen molar-refractivity contribution in [2.24, 2.45) is 0 Å². The van der Waals surface area contributed by atoms with Gasteiger partial charge in [0.15, 0.2) is 0 Å². The molecular formula is C12H14Cl2F3N. The van der Waals surface area contributed by atoms with Crippen LogP contribution < -0.4 is 5.32 Å². The Hall–Kier alpha value is -0.450. The van der Waals surface area contributed by atoms with E-state index in [2.05, 4.69) is 5.32 Å². The molecule has 0 fully saturated rings. The van der Waals surface area contributed by atoms with E-state index in [-0.39, 0.29) is 6.04 Å². The van der Waals surface area contributed by atoms with Gasteiger partial charge in [0.1, 0.15) is 0 Å². The summed E-state index contributed by atoms with van der Waals surface area (Å²) in [4.78, 5) is 0. The summed E-state index contributed by atoms with van der Waals surface area (Å²) in [6.07, 6.45) is -5.06. The Labute approximate surface area is 114 Å². The second kappa shape index (κ2) is 6.13. The van der Waals surface area contributed by atoms with Crippen LogP contribution in [0.15, 0.2) is 18.2 Å². The first kappa shape index (κ1) is 15.6. The fourth-order valence-electron chi connectivity index (χ4n) is 1.78. The molecule has 0 spiro atoms. The molecule has 0 heterocycles. The van der Waals surface area contributed by atoms with Gasteiger partial charge in [-0.25, -0.2) is 0 Å². The van der Waals surface area contributed by atoms with Crippen molar-refractivity contribution < 1.29 is 13.2 Å². The zero-order chi connectivity index (χ0) is 13.9. The number of hydrogen-bond donors (Lipinski definition) is 1. The van der Waals surface area contributed by atoms with Gasteiger partial charge >= 0.3 is 6.18 Å². The number of nitrogens with one attached hydrogen (secondary N) is 1. The maximum Gasteiger partial charge on any atom is 0.390 e. The fourth-order valence-corrected chi connectivity index (χ4v) is 2.25. The third-order valence-electron chi connectivity index (χ3n) is 2.52. The van der Waals surface area contributed by atoms with Crippen molar-refractivity contribution >= 4 is 23.2 Å². The topological polar surface area (TPSA) is 12.0 Å². The van der Waals surface area contributed by atoms with E-state index in [4.69, 9.17) is 23.2 Å². The van der Waals surface area contributed by atoms with Crippen molar-refractivity contribution in [3.8, 4) is 0 Å². The molecule has 2 atom stereocenters. The van der Waals surface area contributed by atoms with Crippen molar-refractivity contribution in [3.05, 3.63) is 33.8 Å². The highest BCUT2D eigenvalue weighted by Gasteiger charge is 2.30. The molecule has 1 rings (SSSR count). The zero-order valence-corrected chi connectivity index (χ0v) is 11.5. The molecule has 1 nitrogen and oxygen atoms in total. The zero-order valence-electron chi connectivity index (χ0n) is 9.98. The van der Waals surface area contributed by atoms with Crippen LogP contribution in [0.4, 0.5) is 13.2 Å². The molecule has 0 radical (unpaired) electrons. The van der Waals surface area contributed by atoms with Crippen molar-refractivity contribution in [1.82, 2.24) is 5.32 Å². The molecule has 1 aromatic carbocycles. The van der Waals surface area contributed by atoms with Crippen LogP contribution in [0.2, 0.25) is 10.0 Å². The van der Waals surface area contributed by atoms with Crippen LogP contribution in [0, 0.1) is 0 Å². The van der Waals surface area contributed by atoms with E-state index in [1.54, 1.807) is 25.1 Å². The molecule has 102 valence electrons. The maximum atomic E-state index is 12.2. The minimum absolute atomic E-state index is 0.298. The van der Waals surface area contributed by atoms with Crippen molar-refractivity contribution in [2.75, 3.05) is 0 Å². The van der Waals surface area contributed by atoms with E-state index in [0.717, 1.165) is 0 Å². The van der Waals surface area contributed by atoms with Gasteiger partial charge < -0.3 is 5.32 Å². The Morgan fingerprint density at radius 3 is 2.39 bits per heavy atom. The molecule has 0 amide bonds. The number of benzene rings is 1. The van der Waals surface area contributed by atoms with Crippen molar-refractivity contribution in [1.29, 1.82) is 0 Å². The summed E-state index contributed by atoms with van der Waals surface area (Å²) in [6, 6.07) is 4.12. The SMILES string of the molecule is CC(CC(F)(F)F)NC(C)c1cccc(Cl)c1Cl. The number of alkyl halides is 3. The first-order valence-electron chi connectivity index (χ1n) is 5.47. The second-order valence-corrected chi connectivity index (χ2v) is 5.04. The van der Waals surface area contributed by atoms with E-state index in [0.29, 0.717) is 15.6 Å². The largest absolute Gasteiger partial charge is 0.390 e. The number of halogens is 5. The fraction of sp³-hybridized carbons (Fsp3) is 0.500. The van der Waals surface area contributed by atoms with E-state index >= 15 is 0 Å². The molecule has 18 heavy (non-hydrogen) atoms. The quantitative estimate of drug-likeness (QED) is 0.826. The van der Waals surface area contributed by atoms with E-state index in [1.165, 1.54) is 6.92 Å². The molecule has 6 heteroatoms. The molecule has 0 aliphatic heterocycles. The Kier molecular flexibility index (Phi) is 5.32. The van der Waals surface area contributed by atoms with E-state index < -0.39 is 18.6 Å². The molecule has 1 aromatic rings. The summed E-state index contributed by atoms with van der Waals surface area (Å²) >= 11 is 11.9. The highest BCUT2D eigenvalue weighted by atomic mass is 35.5. The average molecular weight is 300 g/mol. The third-order valence-corrected chi connectivity index (χ3v) is 3.35. The average Bonchev–Trinajstić information content (AvgIpc) is 2.18. The molecule has 0 aliphatic carbocycles. The summed E-state index contributed by atoms with van der Waals surface area (Å²) < 4.78 is 36.6. The summed E-state index contributed by atoms with van der Waals surface area (Å²) in [7, 11) is 0. The van der Waals surface area contributed by atoms with Crippen LogP contribution in [0.5, 0.6) is 0 Å². The van der Waals surface area contributed by atoms with Crippen LogP contribution >= 0.6 is 23.2 Å². The Morgan fingerprint density at radius 1 is 1.22 bits per heavy atom. The van der Waals surface area contributed by atoms with E-state index in [1.807, 2.05) is 0 Å². The number of hydrogen-bond acceptors (Lipinski definition) is 1. The second-order valence-electron chi connectivity index (χ2n) is 4.25. The molecule has 0 aliphatic rings. The smallest absolute Gasteiger partial charge is 0.307 e. The lowest BCUT2D eigenvalue weighted by Crippen LogP contribution is -2.33. The molecule has 2 unspecified atom stereocenters. The van der Waals surface area contributed by atoms with Crippen LogP contribution in [0.3, 0.4) is 0 Å². The van der Waals surface area contributed by atoms with Crippen molar-refractivity contribution in [2.45, 2.75) is 38.5 Å². The predicted octanol–water partition coefficient (Wildman–Crippen LogP) is 4.98. The van der Waals surface area contributed by atoms with Gasteiger partial charge in [-0.05, 0) is 25.5 Å². The van der Waals surface area contributed by atoms with Crippen LogP contribution in [-0.2, 0) is 0 Å². The van der Waals surface area contributed by atoms with Gasteiger partial charge in [-0.1, -0.05) is 35.3 Å². The Balaban J connectivity index is 2.71. The molecule has 0 aromatic heterocycles. The lowest BCUT2D eigenvalue weighted by atomic mass is 10.1. The van der Waals surface area contributed by atoms with Gasteiger partial charge in [0.25, 0.3) is 0 Å². The van der Waals surface area contributed by atoms with Gasteiger partial charge in [0, 0.05) is 12.1 Å². The van der Waals surface area contributed by atoms with Gasteiger partial charge in [0.05, 0.1) is 16.5 Å². The number of rotatable bonds is 4. The van der Waals surface area contributed by atoms with Crippen LogP contribution in [0.1, 0.15) is 31.9 Å². The highest BCUT2D eigenvalue weighted by molar-refractivity contribution is 6.42. The summed E-state index contributed by atoms with van der Waals surface area (Å²) in [5, 5.41) is 3.63. The van der Waals surface area contributed by atoms with Gasteiger partial charge in [0.2, 0.25) is 0 Å². The molecular weight excluding hydrogens is 286 g/mol. The minimum Gasteiger partial charge on any atom is -0.307 e. The first-order chi connectivity index (χ1) is 8.20. The molecule has 0 saturated carbocycles. The van der Waals surface area contributed by atoms with Gasteiger partial charge in [-0.2, -0.15) is 13.2 Å². The van der Waals surface area contributed by atoms with Gasteiger partial charge in [-0.15, -0.1) is 0 Å². The maximum absolute atomic E-state index is 12.2. The van der Waals surface area contributed by atoms with Gasteiger partial charge in [-0.3, -0.25) is 0 Å². The standard InChI is InChI=1S/C12H14Cl2F3N/c1-7(6-12(15,16)17)18-8(2)9-4-3-5-10(13)11(9)14/h3-5,7-8,18H,6H2,1-2H3. The van der Waals surface area contributed by atoms with Crippen LogP contribution in [-0.4, -0.2) is 12.2 Å². The lowest BCUT2D eigenvalue weighted by molar-refractivity contribution is -0.139. The monoisotopic (exact) mass is 299 g/mol. The van der Waals surface area contributed by atoms with Crippen molar-refractivity contribution in [3.63, 3.8) is 0 Å². The summed E-state index contributed by atoms with van der Waals surface area (Å²) in [5.41, 5.74) is 0.693. The minimum atomic E-state index is -4.18. The Bertz CT molecular complexity index is 407. The Morgan fingerprint density at radius 2 is 1.83 bits per heavy atom. The highest BCUT2D eigenvalue weighted by Crippen LogP contribution is 2.30. The normalized spacial score (nSPS) is 15.5. The summed E-state index contributed by atoms with van der Waals surface area (Å²) in [5.74, 6) is 0. The third kappa shape index (κ3) is 4.67. The molecule has 0 saturated heterocycles. The lowest BCUT2D eigenvalue weighted by Gasteiger charge is -2.22. The first-order valence-corrected chi connectivity index (χ1v) is 6.23. The van der Waals surface area contributed by atoms with E-state index in [9.17, 15) is 13.2 Å². The molecule has 0 bridgehead atoms. The summed E-state index contributed by atoms with van der Waals surface area (Å²) in [6.45, 7) is 3.24.